The van der Waals surface area contributed by atoms with Crippen molar-refractivity contribution in [2.75, 3.05) is 11.9 Å². The smallest absolute Gasteiger partial charge is 0.335 e. The molecule has 0 atom stereocenters. The predicted octanol–water partition coefficient (Wildman–Crippen LogP) is 2.90. The Labute approximate surface area is 121 Å². The molecule has 0 fully saturated rings. The van der Waals surface area contributed by atoms with Crippen molar-refractivity contribution in [2.45, 2.75) is 0 Å². The lowest BCUT2D eigenvalue weighted by molar-refractivity contribution is 0.0697. The molecule has 0 aliphatic rings. The van der Waals surface area contributed by atoms with Crippen molar-refractivity contribution in [1.29, 1.82) is 10.5 Å². The normalized spacial score (nSPS) is 9.48. The number of hydrogen-bond donors (Lipinski definition) is 1. The molecule has 0 aromatic heterocycles. The van der Waals surface area contributed by atoms with E-state index in [9.17, 15) is 10.1 Å². The fraction of sp³-hybridized carbons (Fsp3) is 0.0625. The maximum atomic E-state index is 10.9. The van der Waals surface area contributed by atoms with Crippen molar-refractivity contribution in [1.82, 2.24) is 0 Å². The molecule has 0 aliphatic carbocycles. The quantitative estimate of drug-likeness (QED) is 0.931. The lowest BCUT2D eigenvalue weighted by atomic mass is 10.1. The Hall–Kier alpha value is -3.31. The number of nitrogens with zero attached hydrogens (tertiary/aromatic N) is 3. The Morgan fingerprint density at radius 3 is 2.52 bits per heavy atom. The molecule has 0 spiro atoms. The molecule has 1 N–H and O–H groups in total. The second kappa shape index (κ2) is 5.77. The largest absolute Gasteiger partial charge is 0.478 e. The molecule has 0 bridgehead atoms. The average Bonchev–Trinajstić information content (AvgIpc) is 2.53. The summed E-state index contributed by atoms with van der Waals surface area (Å²) in [6.45, 7) is 0. The van der Waals surface area contributed by atoms with Crippen molar-refractivity contribution in [3.8, 4) is 12.1 Å². The lowest BCUT2D eigenvalue weighted by Gasteiger charge is -2.21. The fourth-order valence-electron chi connectivity index (χ4n) is 1.97. The van der Waals surface area contributed by atoms with E-state index in [0.29, 0.717) is 11.3 Å². The van der Waals surface area contributed by atoms with E-state index < -0.39 is 5.97 Å². The highest BCUT2D eigenvalue weighted by molar-refractivity contribution is 5.89. The maximum absolute atomic E-state index is 10.9. The highest BCUT2D eigenvalue weighted by Crippen LogP contribution is 2.28. The third-order valence-electron chi connectivity index (χ3n) is 3.09. The molecule has 0 radical (unpaired) electrons. The van der Waals surface area contributed by atoms with Crippen LogP contribution in [0.3, 0.4) is 0 Å². The summed E-state index contributed by atoms with van der Waals surface area (Å²) in [7, 11) is 1.76. The van der Waals surface area contributed by atoms with Crippen LogP contribution in [0, 0.1) is 22.7 Å². The topological polar surface area (TPSA) is 88.1 Å². The van der Waals surface area contributed by atoms with Gasteiger partial charge in [0.05, 0.1) is 28.4 Å². The second-order valence-corrected chi connectivity index (χ2v) is 4.37. The van der Waals surface area contributed by atoms with E-state index >= 15 is 0 Å². The van der Waals surface area contributed by atoms with E-state index in [1.165, 1.54) is 12.1 Å². The van der Waals surface area contributed by atoms with Crippen LogP contribution >= 0.6 is 0 Å². The number of hydrogen-bond acceptors (Lipinski definition) is 4. The Balaban J connectivity index is 2.48. The summed E-state index contributed by atoms with van der Waals surface area (Å²) in [5.41, 5.74) is 2.17. The minimum absolute atomic E-state index is 0.0643. The molecule has 2 rings (SSSR count). The van der Waals surface area contributed by atoms with Gasteiger partial charge in [-0.05, 0) is 36.4 Å². The van der Waals surface area contributed by atoms with E-state index in [1.807, 2.05) is 12.1 Å². The van der Waals surface area contributed by atoms with Crippen LogP contribution in [0.1, 0.15) is 21.5 Å². The van der Waals surface area contributed by atoms with Gasteiger partial charge in [-0.2, -0.15) is 10.5 Å². The fourth-order valence-corrected chi connectivity index (χ4v) is 1.97. The number of carboxylic acid groups (broad SMARTS) is 1. The van der Waals surface area contributed by atoms with Crippen molar-refractivity contribution >= 4 is 17.3 Å². The molecule has 5 heteroatoms. The van der Waals surface area contributed by atoms with Crippen LogP contribution < -0.4 is 4.90 Å². The number of benzene rings is 2. The molecular weight excluding hydrogens is 266 g/mol. The van der Waals surface area contributed by atoms with E-state index in [0.717, 1.165) is 5.69 Å². The van der Waals surface area contributed by atoms with Gasteiger partial charge >= 0.3 is 5.97 Å². The van der Waals surface area contributed by atoms with Gasteiger partial charge in [0.15, 0.2) is 0 Å². The lowest BCUT2D eigenvalue weighted by Crippen LogP contribution is -2.12. The van der Waals surface area contributed by atoms with Crippen molar-refractivity contribution < 1.29 is 9.90 Å². The Kier molecular flexibility index (Phi) is 3.87. The summed E-state index contributed by atoms with van der Waals surface area (Å²) in [6.07, 6.45) is 0. The van der Waals surface area contributed by atoms with Gasteiger partial charge in [-0.3, -0.25) is 0 Å². The summed E-state index contributed by atoms with van der Waals surface area (Å²) in [6, 6.07) is 15.4. The summed E-state index contributed by atoms with van der Waals surface area (Å²) in [5.74, 6) is -1.08. The number of nitriles is 2. The zero-order chi connectivity index (χ0) is 15.4. The first kappa shape index (κ1) is 14.1. The molecule has 0 heterocycles. The summed E-state index contributed by atoms with van der Waals surface area (Å²) >= 11 is 0. The van der Waals surface area contributed by atoms with E-state index in [4.69, 9.17) is 10.4 Å². The summed E-state index contributed by atoms with van der Waals surface area (Å²) in [5, 5.41) is 27.1. The monoisotopic (exact) mass is 277 g/mol. The first-order valence-corrected chi connectivity index (χ1v) is 6.08. The van der Waals surface area contributed by atoms with Crippen molar-refractivity contribution in [2.24, 2.45) is 0 Å². The molecule has 5 nitrogen and oxygen atoms in total. The van der Waals surface area contributed by atoms with Crippen LogP contribution in [0.2, 0.25) is 0 Å². The zero-order valence-corrected chi connectivity index (χ0v) is 11.2. The minimum Gasteiger partial charge on any atom is -0.478 e. The second-order valence-electron chi connectivity index (χ2n) is 4.37. The highest BCUT2D eigenvalue weighted by Gasteiger charge is 2.13. The van der Waals surface area contributed by atoms with Gasteiger partial charge in [-0.15, -0.1) is 0 Å². The van der Waals surface area contributed by atoms with E-state index in [-0.39, 0.29) is 11.1 Å². The van der Waals surface area contributed by atoms with Crippen LogP contribution in [-0.4, -0.2) is 18.1 Å². The minimum atomic E-state index is -1.08. The summed E-state index contributed by atoms with van der Waals surface area (Å²) in [4.78, 5) is 12.7. The molecule has 2 aromatic rings. The van der Waals surface area contributed by atoms with Crippen LogP contribution in [0.25, 0.3) is 0 Å². The standard InChI is InChI=1S/C16H11N3O2/c1-19(14-4-2-3-11(7-14)9-17)15-6-5-12(16(20)21)8-13(15)10-18/h2-8H,1H3,(H,20,21). The third-order valence-corrected chi connectivity index (χ3v) is 3.09. The molecule has 0 amide bonds. The Morgan fingerprint density at radius 2 is 1.90 bits per heavy atom. The van der Waals surface area contributed by atoms with Crippen molar-refractivity contribution in [3.63, 3.8) is 0 Å². The van der Waals surface area contributed by atoms with E-state index in [2.05, 4.69) is 6.07 Å². The number of carbonyl (C=O) groups is 1. The number of rotatable bonds is 3. The van der Waals surface area contributed by atoms with Gasteiger partial charge in [0, 0.05) is 12.7 Å². The molecule has 0 unspecified atom stereocenters. The van der Waals surface area contributed by atoms with Gasteiger partial charge in [0.2, 0.25) is 0 Å². The van der Waals surface area contributed by atoms with Gasteiger partial charge in [-0.25, -0.2) is 4.79 Å². The molecule has 0 aliphatic heterocycles. The first-order chi connectivity index (χ1) is 10.1. The highest BCUT2D eigenvalue weighted by atomic mass is 16.4. The zero-order valence-electron chi connectivity index (χ0n) is 11.2. The SMILES string of the molecule is CN(c1cccc(C#N)c1)c1ccc(C(=O)O)cc1C#N. The number of carboxylic acids is 1. The number of aromatic carboxylic acids is 1. The van der Waals surface area contributed by atoms with Gasteiger partial charge in [0.25, 0.3) is 0 Å². The Morgan fingerprint density at radius 1 is 1.14 bits per heavy atom. The number of anilines is 2. The maximum Gasteiger partial charge on any atom is 0.335 e. The molecular formula is C16H11N3O2. The predicted molar refractivity (Wildman–Crippen MR) is 77.3 cm³/mol. The van der Waals surface area contributed by atoms with Gasteiger partial charge < -0.3 is 10.0 Å². The van der Waals surface area contributed by atoms with Gasteiger partial charge in [0.1, 0.15) is 6.07 Å². The van der Waals surface area contributed by atoms with Crippen LogP contribution in [0.4, 0.5) is 11.4 Å². The molecule has 2 aromatic carbocycles. The summed E-state index contributed by atoms with van der Waals surface area (Å²) < 4.78 is 0. The Bertz CT molecular complexity index is 785. The third kappa shape index (κ3) is 2.83. The van der Waals surface area contributed by atoms with Crippen LogP contribution in [0.5, 0.6) is 0 Å². The average molecular weight is 277 g/mol. The molecule has 102 valence electrons. The molecule has 21 heavy (non-hydrogen) atoms. The van der Waals surface area contributed by atoms with Crippen molar-refractivity contribution in [3.05, 3.63) is 59.2 Å². The van der Waals surface area contributed by atoms with Crippen LogP contribution in [-0.2, 0) is 0 Å². The van der Waals surface area contributed by atoms with Crippen LogP contribution in [0.15, 0.2) is 42.5 Å². The first-order valence-electron chi connectivity index (χ1n) is 6.08. The van der Waals surface area contributed by atoms with Gasteiger partial charge in [-0.1, -0.05) is 6.07 Å². The van der Waals surface area contributed by atoms with E-state index in [1.54, 1.807) is 36.2 Å². The molecule has 0 saturated carbocycles. The molecule has 0 saturated heterocycles.